The van der Waals surface area contributed by atoms with Gasteiger partial charge in [0.2, 0.25) is 0 Å². The van der Waals surface area contributed by atoms with Crippen molar-refractivity contribution < 1.29 is 23.5 Å². The van der Waals surface area contributed by atoms with E-state index in [2.05, 4.69) is 8.85 Å². The normalized spacial score (nSPS) is 23.6. The zero-order valence-corrected chi connectivity index (χ0v) is 8.20. The quantitative estimate of drug-likeness (QED) is 0.566. The second-order valence-electron chi connectivity index (χ2n) is 3.52. The van der Waals surface area contributed by atoms with Crippen molar-refractivity contribution in [2.75, 3.05) is 0 Å². The zero-order valence-electron chi connectivity index (χ0n) is 7.20. The number of hydrogen-bond donors (Lipinski definition) is 2. The molecule has 12 heavy (non-hydrogen) atoms. The van der Waals surface area contributed by atoms with Gasteiger partial charge in [0.05, 0.1) is 5.60 Å². The Morgan fingerprint density at radius 2 is 1.67 bits per heavy atom. The van der Waals surface area contributed by atoms with Crippen molar-refractivity contribution in [2.45, 2.75) is 38.3 Å². The molecule has 5 nitrogen and oxygen atoms in total. The van der Waals surface area contributed by atoms with E-state index in [0.717, 1.165) is 0 Å². The van der Waals surface area contributed by atoms with Gasteiger partial charge in [0.15, 0.2) is 5.60 Å². The van der Waals surface area contributed by atoms with E-state index in [1.807, 2.05) is 0 Å². The van der Waals surface area contributed by atoms with Crippen molar-refractivity contribution >= 4 is 9.17 Å². The van der Waals surface area contributed by atoms with E-state index in [1.165, 1.54) is 20.8 Å². The molecule has 0 radical (unpaired) electrons. The monoisotopic (exact) mass is 192 g/mol. The fourth-order valence-corrected chi connectivity index (χ4v) is 1.53. The van der Waals surface area contributed by atoms with E-state index >= 15 is 0 Å². The van der Waals surface area contributed by atoms with Gasteiger partial charge >= 0.3 is 9.17 Å². The molecule has 0 aromatic carbocycles. The third-order valence-electron chi connectivity index (χ3n) is 2.10. The lowest BCUT2D eigenvalue weighted by Gasteiger charge is -2.43. The Bertz CT molecular complexity index is 198. The van der Waals surface area contributed by atoms with E-state index in [9.17, 15) is 14.7 Å². The molecule has 0 aromatic rings. The fraction of sp³-hybridized carbons (Fsp3) is 1.00. The van der Waals surface area contributed by atoms with Gasteiger partial charge in [0, 0.05) is 0 Å². The summed E-state index contributed by atoms with van der Waals surface area (Å²) in [5, 5.41) is 19.1. The van der Waals surface area contributed by atoms with Crippen molar-refractivity contribution in [3.63, 3.8) is 0 Å². The second-order valence-corrected chi connectivity index (χ2v) is 4.50. The predicted molar refractivity (Wildman–Crippen MR) is 39.3 cm³/mol. The Morgan fingerprint density at radius 3 is 1.92 bits per heavy atom. The Hall–Kier alpha value is -0.463. The average Bonchev–Trinajstić information content (AvgIpc) is 1.78. The summed E-state index contributed by atoms with van der Waals surface area (Å²) >= 11 is 0. The summed E-state index contributed by atoms with van der Waals surface area (Å²) < 4.78 is 19.7. The van der Waals surface area contributed by atoms with Crippen LogP contribution in [0.4, 0.5) is 0 Å². The van der Waals surface area contributed by atoms with Crippen LogP contribution in [0.1, 0.15) is 20.8 Å². The molecule has 0 aromatic heterocycles. The van der Waals surface area contributed by atoms with E-state index in [1.54, 1.807) is 0 Å². The maximum absolute atomic E-state index is 10.4. The lowest BCUT2D eigenvalue weighted by molar-refractivity contribution is -0.272. The predicted octanol–water partition coefficient (Wildman–Crippen LogP) is -0.703. The third kappa shape index (κ3) is 1.37. The molecule has 1 fully saturated rings. The SMILES string of the molecule is CC(C)(O)C(C)(O)C1O[Si](=O)O1. The summed E-state index contributed by atoms with van der Waals surface area (Å²) in [5.74, 6) is 0. The topological polar surface area (TPSA) is 76.0 Å². The van der Waals surface area contributed by atoms with Crippen molar-refractivity contribution in [3.8, 4) is 0 Å². The maximum atomic E-state index is 10.4. The van der Waals surface area contributed by atoms with Crippen molar-refractivity contribution in [2.24, 2.45) is 0 Å². The highest BCUT2D eigenvalue weighted by molar-refractivity contribution is 6.28. The van der Waals surface area contributed by atoms with Gasteiger partial charge in [-0.1, -0.05) is 0 Å². The smallest absolute Gasteiger partial charge is 0.458 e. The molecule has 70 valence electrons. The number of aliphatic hydroxyl groups is 2. The van der Waals surface area contributed by atoms with E-state index in [0.29, 0.717) is 0 Å². The Balaban J connectivity index is 2.67. The molecule has 0 spiro atoms. The summed E-state index contributed by atoms with van der Waals surface area (Å²) in [6, 6.07) is 0. The molecule has 6 heteroatoms. The minimum absolute atomic E-state index is 0.996. The summed E-state index contributed by atoms with van der Waals surface area (Å²) in [4.78, 5) is 0. The van der Waals surface area contributed by atoms with Crippen molar-refractivity contribution in [3.05, 3.63) is 0 Å². The standard InChI is InChI=1S/C6H12O5Si/c1-5(2,7)6(3,8)4-10-12(9)11-4/h4,7-8H,1-3H3. The molecule has 1 rings (SSSR count). The molecule has 0 amide bonds. The van der Waals surface area contributed by atoms with Gasteiger partial charge in [-0.05, 0) is 20.8 Å². The van der Waals surface area contributed by atoms with Crippen LogP contribution < -0.4 is 0 Å². The van der Waals surface area contributed by atoms with Gasteiger partial charge in [-0.2, -0.15) is 0 Å². The molecule has 0 aliphatic carbocycles. The zero-order chi connectivity index (χ0) is 9.57. The van der Waals surface area contributed by atoms with Crippen LogP contribution in [0.2, 0.25) is 0 Å². The van der Waals surface area contributed by atoms with Gasteiger partial charge in [-0.25, -0.2) is 0 Å². The highest BCUT2D eigenvalue weighted by Crippen LogP contribution is 2.31. The number of rotatable bonds is 2. The third-order valence-corrected chi connectivity index (χ3v) is 2.92. The summed E-state index contributed by atoms with van der Waals surface area (Å²) in [7, 11) is -2.40. The lowest BCUT2D eigenvalue weighted by atomic mass is 9.87. The van der Waals surface area contributed by atoms with Crippen LogP contribution in [-0.2, 0) is 13.3 Å². The molecule has 0 saturated carbocycles. The first kappa shape index (κ1) is 9.62. The molecule has 1 saturated heterocycles. The molecule has 2 N–H and O–H groups in total. The van der Waals surface area contributed by atoms with Gasteiger partial charge in [0.25, 0.3) is 6.29 Å². The van der Waals surface area contributed by atoms with Gasteiger partial charge in [0.1, 0.15) is 0 Å². The highest BCUT2D eigenvalue weighted by atomic mass is 28.3. The molecule has 1 heterocycles. The van der Waals surface area contributed by atoms with Crippen LogP contribution in [0.3, 0.4) is 0 Å². The lowest BCUT2D eigenvalue weighted by Crippen LogP contribution is -2.63. The maximum Gasteiger partial charge on any atom is 0.772 e. The summed E-state index contributed by atoms with van der Waals surface area (Å²) in [6.45, 7) is 4.22. The van der Waals surface area contributed by atoms with Crippen LogP contribution in [-0.4, -0.2) is 36.9 Å². The average molecular weight is 192 g/mol. The van der Waals surface area contributed by atoms with Gasteiger partial charge in [-0.15, -0.1) is 0 Å². The first-order valence-electron chi connectivity index (χ1n) is 3.57. The Kier molecular flexibility index (Phi) is 2.01. The Labute approximate surface area is 71.8 Å². The van der Waals surface area contributed by atoms with E-state index < -0.39 is 26.7 Å². The molecule has 0 bridgehead atoms. The minimum atomic E-state index is -2.40. The molecular formula is C6H12O5Si. The molecule has 1 aliphatic heterocycles. The van der Waals surface area contributed by atoms with E-state index in [4.69, 9.17) is 0 Å². The molecule has 1 atom stereocenters. The molecule has 1 unspecified atom stereocenters. The number of hydrogen-bond acceptors (Lipinski definition) is 5. The summed E-state index contributed by atoms with van der Waals surface area (Å²) in [6.07, 6.45) is -0.996. The Morgan fingerprint density at radius 1 is 1.25 bits per heavy atom. The minimum Gasteiger partial charge on any atom is -0.458 e. The van der Waals surface area contributed by atoms with Crippen LogP contribution in [0.25, 0.3) is 0 Å². The first-order chi connectivity index (χ1) is 5.25. The van der Waals surface area contributed by atoms with Crippen molar-refractivity contribution in [1.82, 2.24) is 0 Å². The van der Waals surface area contributed by atoms with Crippen LogP contribution in [0.15, 0.2) is 0 Å². The van der Waals surface area contributed by atoms with Crippen molar-refractivity contribution in [1.29, 1.82) is 0 Å². The van der Waals surface area contributed by atoms with Gasteiger partial charge < -0.3 is 19.1 Å². The van der Waals surface area contributed by atoms with Crippen LogP contribution >= 0.6 is 0 Å². The van der Waals surface area contributed by atoms with Gasteiger partial charge in [-0.3, -0.25) is 4.46 Å². The largest absolute Gasteiger partial charge is 0.772 e. The summed E-state index contributed by atoms with van der Waals surface area (Å²) in [5.41, 5.74) is -2.91. The fourth-order valence-electron chi connectivity index (χ4n) is 0.702. The molecular weight excluding hydrogens is 180 g/mol. The molecule has 1 aliphatic rings. The second kappa shape index (κ2) is 2.51. The van der Waals surface area contributed by atoms with Crippen LogP contribution in [0, 0.1) is 0 Å². The van der Waals surface area contributed by atoms with E-state index in [-0.39, 0.29) is 0 Å². The highest BCUT2D eigenvalue weighted by Gasteiger charge is 2.54. The first-order valence-corrected chi connectivity index (χ1v) is 4.79. The van der Waals surface area contributed by atoms with Crippen LogP contribution in [0.5, 0.6) is 0 Å².